The van der Waals surface area contributed by atoms with Crippen LogP contribution in [0.5, 0.6) is 0 Å². The van der Waals surface area contributed by atoms with Crippen molar-refractivity contribution in [2.75, 3.05) is 36.4 Å². The second-order valence-electron chi connectivity index (χ2n) is 9.90. The van der Waals surface area contributed by atoms with Gasteiger partial charge in [-0.25, -0.2) is 4.98 Å². The van der Waals surface area contributed by atoms with E-state index in [2.05, 4.69) is 59.1 Å². The summed E-state index contributed by atoms with van der Waals surface area (Å²) in [7, 11) is 0. The van der Waals surface area contributed by atoms with Gasteiger partial charge in [-0.15, -0.1) is 0 Å². The van der Waals surface area contributed by atoms with Crippen LogP contribution in [-0.4, -0.2) is 69.2 Å². The number of aromatic nitrogens is 3. The minimum atomic E-state index is -0.400. The molecule has 5 rings (SSSR count). The van der Waals surface area contributed by atoms with Crippen molar-refractivity contribution in [2.45, 2.75) is 52.4 Å². The third-order valence-electron chi connectivity index (χ3n) is 7.29. The van der Waals surface area contributed by atoms with E-state index in [1.807, 2.05) is 17.0 Å². The van der Waals surface area contributed by atoms with E-state index in [1.54, 1.807) is 13.1 Å². The molecule has 1 amide bonds. The van der Waals surface area contributed by atoms with Gasteiger partial charge in [0.15, 0.2) is 0 Å². The first-order valence-electron chi connectivity index (χ1n) is 12.6. The maximum Gasteiger partial charge on any atom is 0.227 e. The number of benzene rings is 1. The van der Waals surface area contributed by atoms with Gasteiger partial charge >= 0.3 is 0 Å². The average molecular weight is 488 g/mol. The number of hydrogen-bond donors (Lipinski definition) is 1. The summed E-state index contributed by atoms with van der Waals surface area (Å²) in [6.45, 7) is 11.1. The van der Waals surface area contributed by atoms with Gasteiger partial charge in [-0.05, 0) is 44.5 Å². The normalized spacial score (nSPS) is 19.0. The number of fused-ring (bicyclic) bond motifs is 2. The number of piperazine rings is 1. The predicted molar refractivity (Wildman–Crippen MR) is 140 cm³/mol. The van der Waals surface area contributed by atoms with E-state index in [9.17, 15) is 9.59 Å². The van der Waals surface area contributed by atoms with E-state index in [0.29, 0.717) is 38.7 Å². The summed E-state index contributed by atoms with van der Waals surface area (Å²) >= 11 is 0. The van der Waals surface area contributed by atoms with Crippen molar-refractivity contribution in [3.05, 3.63) is 53.3 Å². The zero-order chi connectivity index (χ0) is 25.4. The number of hydrogen-bond acceptors (Lipinski definition) is 8. The standard InChI is InChI=1S/C27H33N7O2/c1-17(2)34-15-22-25(24(34)16-35)30-27(33-12-10-32(11-13-33)19(4)36)31-26(22)29-18(3)20-7-8-23-21(14-20)6-5-9-28-23/h5-9,14,16-18,24H,10-13,15H2,1-4H3,(H,29,30,31)/t18?,24-/m1/s1. The Balaban J connectivity index is 1.49. The van der Waals surface area contributed by atoms with Gasteiger partial charge in [0.1, 0.15) is 18.1 Å². The smallest absolute Gasteiger partial charge is 0.227 e. The molecule has 0 aliphatic carbocycles. The highest BCUT2D eigenvalue weighted by atomic mass is 16.2. The van der Waals surface area contributed by atoms with Crippen molar-refractivity contribution in [1.29, 1.82) is 0 Å². The third-order valence-corrected chi connectivity index (χ3v) is 7.29. The lowest BCUT2D eigenvalue weighted by atomic mass is 10.0. The zero-order valence-corrected chi connectivity index (χ0v) is 21.3. The van der Waals surface area contributed by atoms with Crippen LogP contribution in [-0.2, 0) is 16.1 Å². The van der Waals surface area contributed by atoms with Gasteiger partial charge in [-0.2, -0.15) is 4.98 Å². The molecule has 1 saturated heterocycles. The van der Waals surface area contributed by atoms with Crippen LogP contribution in [0.15, 0.2) is 36.5 Å². The highest BCUT2D eigenvalue weighted by molar-refractivity contribution is 5.79. The van der Waals surface area contributed by atoms with Crippen molar-refractivity contribution in [3.8, 4) is 0 Å². The maximum absolute atomic E-state index is 12.2. The molecule has 0 bridgehead atoms. The van der Waals surface area contributed by atoms with E-state index in [4.69, 9.17) is 9.97 Å². The molecule has 0 radical (unpaired) electrons. The summed E-state index contributed by atoms with van der Waals surface area (Å²) in [5.41, 5.74) is 3.84. The molecule has 3 aromatic rings. The van der Waals surface area contributed by atoms with Crippen LogP contribution in [0.2, 0.25) is 0 Å². The molecule has 1 fully saturated rings. The minimum Gasteiger partial charge on any atom is -0.363 e. The van der Waals surface area contributed by atoms with Crippen molar-refractivity contribution in [1.82, 2.24) is 24.8 Å². The van der Waals surface area contributed by atoms with Gasteiger partial charge in [0.05, 0.1) is 11.2 Å². The number of nitrogens with one attached hydrogen (secondary N) is 1. The molecule has 1 unspecified atom stereocenters. The molecule has 1 N–H and O–H groups in total. The fourth-order valence-electron chi connectivity index (χ4n) is 5.11. The van der Waals surface area contributed by atoms with E-state index in [-0.39, 0.29) is 18.0 Å². The quantitative estimate of drug-likeness (QED) is 0.529. The molecule has 0 saturated carbocycles. The molecular formula is C27H33N7O2. The molecule has 2 aliphatic heterocycles. The van der Waals surface area contributed by atoms with Gasteiger partial charge < -0.3 is 19.9 Å². The van der Waals surface area contributed by atoms with Crippen LogP contribution >= 0.6 is 0 Å². The van der Waals surface area contributed by atoms with Gasteiger partial charge in [0.25, 0.3) is 0 Å². The molecule has 0 spiro atoms. The Kier molecular flexibility index (Phi) is 6.57. The van der Waals surface area contributed by atoms with Crippen LogP contribution in [0.3, 0.4) is 0 Å². The van der Waals surface area contributed by atoms with Crippen LogP contribution in [0.1, 0.15) is 56.6 Å². The summed E-state index contributed by atoms with van der Waals surface area (Å²) < 4.78 is 0. The van der Waals surface area contributed by atoms with Crippen LogP contribution in [0, 0.1) is 0 Å². The predicted octanol–water partition coefficient (Wildman–Crippen LogP) is 3.33. The molecule has 2 aliphatic rings. The lowest BCUT2D eigenvalue weighted by Crippen LogP contribution is -2.48. The second kappa shape index (κ2) is 9.81. The van der Waals surface area contributed by atoms with E-state index in [0.717, 1.165) is 39.8 Å². The van der Waals surface area contributed by atoms with Gasteiger partial charge in [-0.3, -0.25) is 14.7 Å². The van der Waals surface area contributed by atoms with Crippen LogP contribution in [0.4, 0.5) is 11.8 Å². The summed E-state index contributed by atoms with van der Waals surface area (Å²) in [5, 5.41) is 4.72. The first kappa shape index (κ1) is 24.1. The molecule has 1 aromatic carbocycles. The maximum atomic E-state index is 12.2. The summed E-state index contributed by atoms with van der Waals surface area (Å²) in [6.07, 6.45) is 2.79. The van der Waals surface area contributed by atoms with Crippen LogP contribution < -0.4 is 10.2 Å². The molecule has 4 heterocycles. The molecule has 9 heteroatoms. The number of pyridine rings is 1. The Morgan fingerprint density at radius 3 is 2.58 bits per heavy atom. The number of nitrogens with zero attached hydrogens (tertiary/aromatic N) is 6. The number of aldehydes is 1. The number of rotatable bonds is 6. The first-order valence-corrected chi connectivity index (χ1v) is 12.6. The summed E-state index contributed by atoms with van der Waals surface area (Å²) in [5.74, 6) is 1.45. The Hall–Kier alpha value is -3.59. The average Bonchev–Trinajstić information content (AvgIpc) is 3.27. The Bertz CT molecular complexity index is 1290. The Labute approximate surface area is 211 Å². The molecule has 36 heavy (non-hydrogen) atoms. The van der Waals surface area contributed by atoms with Crippen molar-refractivity contribution >= 4 is 34.9 Å². The fraction of sp³-hybridized carbons (Fsp3) is 0.444. The molecule has 2 atom stereocenters. The lowest BCUT2D eigenvalue weighted by Gasteiger charge is -2.34. The molecule has 9 nitrogen and oxygen atoms in total. The summed E-state index contributed by atoms with van der Waals surface area (Å²) in [6, 6.07) is 10.1. The van der Waals surface area contributed by atoms with Gasteiger partial charge in [0, 0.05) is 68.9 Å². The minimum absolute atomic E-state index is 0.0150. The Morgan fingerprint density at radius 2 is 1.89 bits per heavy atom. The lowest BCUT2D eigenvalue weighted by molar-refractivity contribution is -0.129. The van der Waals surface area contributed by atoms with E-state index >= 15 is 0 Å². The third kappa shape index (κ3) is 4.51. The van der Waals surface area contributed by atoms with E-state index in [1.165, 1.54) is 0 Å². The second-order valence-corrected chi connectivity index (χ2v) is 9.90. The van der Waals surface area contributed by atoms with E-state index < -0.39 is 6.04 Å². The first-order chi connectivity index (χ1) is 17.4. The largest absolute Gasteiger partial charge is 0.363 e. The fourth-order valence-corrected chi connectivity index (χ4v) is 5.11. The highest BCUT2D eigenvalue weighted by Crippen LogP contribution is 2.38. The topological polar surface area (TPSA) is 94.6 Å². The number of anilines is 2. The van der Waals surface area contributed by atoms with Crippen molar-refractivity contribution < 1.29 is 9.59 Å². The number of carbonyl (C=O) groups excluding carboxylic acids is 2. The summed E-state index contributed by atoms with van der Waals surface area (Å²) in [4.78, 5) is 44.4. The SMILES string of the molecule is CC(=O)N1CCN(c2nc(NC(C)c3ccc4ncccc4c3)c3c(n2)[C@@H](C=O)N(C(C)C)C3)CC1. The van der Waals surface area contributed by atoms with Crippen molar-refractivity contribution in [2.24, 2.45) is 0 Å². The van der Waals surface area contributed by atoms with Gasteiger partial charge in [-0.1, -0.05) is 12.1 Å². The zero-order valence-electron chi connectivity index (χ0n) is 21.3. The monoisotopic (exact) mass is 487 g/mol. The van der Waals surface area contributed by atoms with Crippen molar-refractivity contribution in [3.63, 3.8) is 0 Å². The number of amides is 1. The molecule has 188 valence electrons. The molecular weight excluding hydrogens is 454 g/mol. The highest BCUT2D eigenvalue weighted by Gasteiger charge is 2.37. The molecule has 2 aromatic heterocycles. The van der Waals surface area contributed by atoms with Gasteiger partial charge in [0.2, 0.25) is 11.9 Å². The Morgan fingerprint density at radius 1 is 1.11 bits per heavy atom. The number of carbonyl (C=O) groups is 2. The van der Waals surface area contributed by atoms with Crippen LogP contribution in [0.25, 0.3) is 10.9 Å².